The van der Waals surface area contributed by atoms with Crippen LogP contribution >= 0.6 is 0 Å². The van der Waals surface area contributed by atoms with Crippen LogP contribution in [0.4, 0.5) is 0 Å². The van der Waals surface area contributed by atoms with Crippen LogP contribution in [0.2, 0.25) is 0 Å². The third kappa shape index (κ3) is 3.39. The maximum Gasteiger partial charge on any atom is 0.123 e. The van der Waals surface area contributed by atoms with Crippen LogP contribution in [0.3, 0.4) is 0 Å². The van der Waals surface area contributed by atoms with E-state index in [-0.39, 0.29) is 0 Å². The third-order valence-corrected chi connectivity index (χ3v) is 5.97. The molecule has 3 rings (SSSR count). The first-order chi connectivity index (χ1) is 11.2. The summed E-state index contributed by atoms with van der Waals surface area (Å²) in [5.74, 6) is 1.01. The van der Waals surface area contributed by atoms with Crippen LogP contribution in [-0.4, -0.2) is 62.3 Å². The average molecular weight is 318 g/mol. The second-order valence-electron chi connectivity index (χ2n) is 7.07. The van der Waals surface area contributed by atoms with E-state index >= 15 is 0 Å². The number of benzene rings is 1. The highest BCUT2D eigenvalue weighted by Gasteiger charge is 2.45. The number of hydrogen-bond donors (Lipinski definition) is 0. The van der Waals surface area contributed by atoms with Gasteiger partial charge in [0, 0.05) is 43.9 Å². The molecule has 23 heavy (non-hydrogen) atoms. The molecule has 2 fully saturated rings. The van der Waals surface area contributed by atoms with E-state index in [1.54, 1.807) is 7.11 Å². The standard InChI is InChI=1S/C19H30N2O2/c1-20-17(15-22-2)8-9-19(20)10-12-21(13-11-19)14-16-6-4-5-7-18(16)23-3/h4-7,17H,8-15H2,1-3H3/t17-/m0/s1. The zero-order valence-electron chi connectivity index (χ0n) is 14.8. The summed E-state index contributed by atoms with van der Waals surface area (Å²) < 4.78 is 10.9. The maximum absolute atomic E-state index is 5.49. The van der Waals surface area contributed by atoms with Crippen molar-refractivity contribution < 1.29 is 9.47 Å². The molecule has 0 saturated carbocycles. The summed E-state index contributed by atoms with van der Waals surface area (Å²) in [6, 6.07) is 8.97. The topological polar surface area (TPSA) is 24.9 Å². The van der Waals surface area contributed by atoms with Gasteiger partial charge in [-0.15, -0.1) is 0 Å². The van der Waals surface area contributed by atoms with Gasteiger partial charge in [0.05, 0.1) is 13.7 Å². The fraction of sp³-hybridized carbons (Fsp3) is 0.684. The second kappa shape index (κ2) is 7.20. The molecule has 0 amide bonds. The van der Waals surface area contributed by atoms with Gasteiger partial charge in [0.2, 0.25) is 0 Å². The van der Waals surface area contributed by atoms with Gasteiger partial charge in [-0.2, -0.15) is 0 Å². The summed E-state index contributed by atoms with van der Waals surface area (Å²) in [7, 11) is 5.87. The minimum atomic E-state index is 0.403. The van der Waals surface area contributed by atoms with Crippen LogP contribution in [0.5, 0.6) is 5.75 Å². The molecule has 128 valence electrons. The lowest BCUT2D eigenvalue weighted by Crippen LogP contribution is -2.52. The SMILES string of the molecule is COC[C@@H]1CCC2(CCN(Cc3ccccc3OC)CC2)N1C. The van der Waals surface area contributed by atoms with Crippen molar-refractivity contribution in [2.75, 3.05) is 41.0 Å². The van der Waals surface area contributed by atoms with Gasteiger partial charge in [-0.3, -0.25) is 9.80 Å². The van der Waals surface area contributed by atoms with Crippen LogP contribution < -0.4 is 4.74 Å². The number of likely N-dealkylation sites (tertiary alicyclic amines) is 2. The summed E-state index contributed by atoms with van der Waals surface area (Å²) >= 11 is 0. The summed E-state index contributed by atoms with van der Waals surface area (Å²) in [6.45, 7) is 4.19. The van der Waals surface area contributed by atoms with Gasteiger partial charge in [-0.25, -0.2) is 0 Å². The summed E-state index contributed by atoms with van der Waals surface area (Å²) in [6.07, 6.45) is 5.12. The van der Waals surface area contributed by atoms with E-state index in [1.165, 1.54) is 44.3 Å². The molecule has 0 unspecified atom stereocenters. The molecular formula is C19H30N2O2. The largest absolute Gasteiger partial charge is 0.496 e. The Morgan fingerprint density at radius 1 is 1.13 bits per heavy atom. The van der Waals surface area contributed by atoms with Crippen LogP contribution in [0.15, 0.2) is 24.3 Å². The molecule has 2 saturated heterocycles. The Morgan fingerprint density at radius 3 is 2.57 bits per heavy atom. The summed E-state index contributed by atoms with van der Waals surface area (Å²) in [5.41, 5.74) is 1.70. The molecule has 1 aromatic rings. The highest BCUT2D eigenvalue weighted by molar-refractivity contribution is 5.33. The Balaban J connectivity index is 1.58. The number of nitrogens with zero attached hydrogens (tertiary/aromatic N) is 2. The predicted molar refractivity (Wildman–Crippen MR) is 92.9 cm³/mol. The molecule has 4 heteroatoms. The lowest BCUT2D eigenvalue weighted by atomic mass is 9.85. The zero-order valence-corrected chi connectivity index (χ0v) is 14.8. The van der Waals surface area contributed by atoms with E-state index in [9.17, 15) is 0 Å². The number of hydrogen-bond acceptors (Lipinski definition) is 4. The summed E-state index contributed by atoms with van der Waals surface area (Å²) in [5, 5.41) is 0. The Bertz CT molecular complexity index is 512. The Labute approximate surface area is 140 Å². The van der Waals surface area contributed by atoms with Gasteiger partial charge in [0.25, 0.3) is 0 Å². The van der Waals surface area contributed by atoms with Crippen molar-refractivity contribution in [2.24, 2.45) is 0 Å². The van der Waals surface area contributed by atoms with E-state index in [2.05, 4.69) is 35.0 Å². The number of likely N-dealkylation sites (N-methyl/N-ethyl adjacent to an activating group) is 1. The summed E-state index contributed by atoms with van der Waals surface area (Å²) in [4.78, 5) is 5.18. The molecule has 1 atom stereocenters. The zero-order chi connectivity index (χ0) is 16.3. The van der Waals surface area contributed by atoms with Crippen molar-refractivity contribution in [3.05, 3.63) is 29.8 Å². The van der Waals surface area contributed by atoms with E-state index in [1.807, 2.05) is 13.2 Å². The molecule has 0 aromatic heterocycles. The van der Waals surface area contributed by atoms with E-state index in [0.29, 0.717) is 11.6 Å². The van der Waals surface area contributed by atoms with Gasteiger partial charge in [0.1, 0.15) is 5.75 Å². The number of methoxy groups -OCH3 is 2. The fourth-order valence-corrected chi connectivity index (χ4v) is 4.38. The molecule has 2 heterocycles. The van der Waals surface area contributed by atoms with Crippen LogP contribution in [0, 0.1) is 0 Å². The first kappa shape index (κ1) is 16.7. The third-order valence-electron chi connectivity index (χ3n) is 5.97. The van der Waals surface area contributed by atoms with Crippen LogP contribution in [0.1, 0.15) is 31.2 Å². The quantitative estimate of drug-likeness (QED) is 0.833. The molecule has 0 N–H and O–H groups in total. The predicted octanol–water partition coefficient (Wildman–Crippen LogP) is 2.77. The molecule has 2 aliphatic heterocycles. The molecule has 4 nitrogen and oxygen atoms in total. The van der Waals surface area contributed by atoms with Crippen LogP contribution in [0.25, 0.3) is 0 Å². The Kier molecular flexibility index (Phi) is 5.24. The molecule has 0 radical (unpaired) electrons. The first-order valence-corrected chi connectivity index (χ1v) is 8.75. The minimum absolute atomic E-state index is 0.403. The van der Waals surface area contributed by atoms with Gasteiger partial charge in [0.15, 0.2) is 0 Å². The van der Waals surface area contributed by atoms with E-state index in [0.717, 1.165) is 18.9 Å². The van der Waals surface area contributed by atoms with Crippen molar-refractivity contribution >= 4 is 0 Å². The van der Waals surface area contributed by atoms with Gasteiger partial charge in [-0.1, -0.05) is 18.2 Å². The molecule has 2 aliphatic rings. The number of para-hydroxylation sites is 1. The lowest BCUT2D eigenvalue weighted by Gasteiger charge is -2.45. The van der Waals surface area contributed by atoms with Crippen molar-refractivity contribution in [1.82, 2.24) is 9.80 Å². The first-order valence-electron chi connectivity index (χ1n) is 8.75. The number of piperidine rings is 1. The normalized spacial score (nSPS) is 25.1. The van der Waals surface area contributed by atoms with E-state index < -0.39 is 0 Å². The molecule has 1 spiro atoms. The average Bonchev–Trinajstić information content (AvgIpc) is 2.88. The maximum atomic E-state index is 5.49. The molecule has 1 aromatic carbocycles. The minimum Gasteiger partial charge on any atom is -0.496 e. The molecule has 0 aliphatic carbocycles. The highest BCUT2D eigenvalue weighted by atomic mass is 16.5. The molecular weight excluding hydrogens is 288 g/mol. The number of rotatable bonds is 5. The lowest BCUT2D eigenvalue weighted by molar-refractivity contribution is 0.0280. The van der Waals surface area contributed by atoms with Crippen molar-refractivity contribution in [3.63, 3.8) is 0 Å². The number of ether oxygens (including phenoxy) is 2. The van der Waals surface area contributed by atoms with Gasteiger partial charge < -0.3 is 9.47 Å². The monoisotopic (exact) mass is 318 g/mol. The van der Waals surface area contributed by atoms with E-state index in [4.69, 9.17) is 9.47 Å². The molecule has 0 bridgehead atoms. The smallest absolute Gasteiger partial charge is 0.123 e. The van der Waals surface area contributed by atoms with Gasteiger partial charge in [-0.05, 0) is 38.8 Å². The van der Waals surface area contributed by atoms with Crippen molar-refractivity contribution in [3.8, 4) is 5.75 Å². The fourth-order valence-electron chi connectivity index (χ4n) is 4.38. The Hall–Kier alpha value is -1.10. The Morgan fingerprint density at radius 2 is 1.87 bits per heavy atom. The van der Waals surface area contributed by atoms with Crippen LogP contribution in [-0.2, 0) is 11.3 Å². The highest BCUT2D eigenvalue weighted by Crippen LogP contribution is 2.40. The van der Waals surface area contributed by atoms with Crippen molar-refractivity contribution in [1.29, 1.82) is 0 Å². The second-order valence-corrected chi connectivity index (χ2v) is 7.07. The van der Waals surface area contributed by atoms with Gasteiger partial charge >= 0.3 is 0 Å². The van der Waals surface area contributed by atoms with Crippen molar-refractivity contribution in [2.45, 2.75) is 43.8 Å².